The summed E-state index contributed by atoms with van der Waals surface area (Å²) in [5.74, 6) is 0.297. The number of hydrogen-bond donors (Lipinski definition) is 0. The average Bonchev–Trinajstić information content (AvgIpc) is 2.46. The maximum atomic E-state index is 12.1. The van der Waals surface area contributed by atoms with E-state index in [0.29, 0.717) is 0 Å². The highest BCUT2D eigenvalue weighted by molar-refractivity contribution is 6.90. The van der Waals surface area contributed by atoms with Crippen LogP contribution in [0.1, 0.15) is 18.4 Å². The Labute approximate surface area is 122 Å². The van der Waals surface area contributed by atoms with Gasteiger partial charge in [0.25, 0.3) is 0 Å². The summed E-state index contributed by atoms with van der Waals surface area (Å²) in [4.78, 5) is 12.1. The number of hydrogen-bond acceptors (Lipinski definition) is 1. The third kappa shape index (κ3) is 3.45. The van der Waals surface area contributed by atoms with Gasteiger partial charge in [-0.25, -0.2) is 0 Å². The maximum Gasteiger partial charge on any atom is 0.136 e. The van der Waals surface area contributed by atoms with E-state index in [1.807, 2.05) is 24.3 Å². The lowest BCUT2D eigenvalue weighted by Crippen LogP contribution is -2.43. The average molecular weight is 282 g/mol. The van der Waals surface area contributed by atoms with E-state index in [9.17, 15) is 4.79 Å². The van der Waals surface area contributed by atoms with Crippen molar-refractivity contribution in [2.75, 3.05) is 0 Å². The van der Waals surface area contributed by atoms with Crippen molar-refractivity contribution in [3.8, 4) is 0 Å². The molecule has 20 heavy (non-hydrogen) atoms. The van der Waals surface area contributed by atoms with Gasteiger partial charge in [0.05, 0.1) is 8.07 Å². The van der Waals surface area contributed by atoms with Gasteiger partial charge in [0, 0.05) is 5.92 Å². The Balaban J connectivity index is 2.27. The molecule has 0 spiro atoms. The molecule has 0 aliphatic heterocycles. The van der Waals surface area contributed by atoms with Crippen LogP contribution < -0.4 is 5.19 Å². The smallest absolute Gasteiger partial charge is 0.136 e. The molecule has 0 aromatic heterocycles. The van der Waals surface area contributed by atoms with E-state index in [1.165, 1.54) is 5.19 Å². The van der Waals surface area contributed by atoms with Crippen LogP contribution in [0, 0.1) is 0 Å². The van der Waals surface area contributed by atoms with Crippen LogP contribution in [0.5, 0.6) is 0 Å². The fourth-order valence-corrected chi connectivity index (χ4v) is 5.57. The quantitative estimate of drug-likeness (QED) is 0.758. The molecule has 0 saturated carbocycles. The summed E-state index contributed by atoms with van der Waals surface area (Å²) in [5, 5.41) is 1.42. The van der Waals surface area contributed by atoms with E-state index in [4.69, 9.17) is 0 Å². The second-order valence-corrected chi connectivity index (χ2v) is 10.8. The summed E-state index contributed by atoms with van der Waals surface area (Å²) >= 11 is 0. The highest BCUT2D eigenvalue weighted by atomic mass is 28.3. The molecular formula is C18H22OSi. The number of ketones is 1. The molecule has 2 aromatic carbocycles. The van der Waals surface area contributed by atoms with Crippen molar-refractivity contribution in [1.29, 1.82) is 0 Å². The van der Waals surface area contributed by atoms with Crippen LogP contribution >= 0.6 is 0 Å². The minimum Gasteiger partial charge on any atom is -0.299 e. The van der Waals surface area contributed by atoms with Crippen molar-refractivity contribution >= 4 is 19.0 Å². The predicted molar refractivity (Wildman–Crippen MR) is 88.2 cm³/mol. The highest BCUT2D eigenvalue weighted by Crippen LogP contribution is 2.27. The lowest BCUT2D eigenvalue weighted by molar-refractivity contribution is -0.118. The van der Waals surface area contributed by atoms with Gasteiger partial charge in [-0.3, -0.25) is 4.79 Å². The number of Topliss-reactive ketones (excluding diaryl/α,β-unsaturated/α-hetero) is 1. The SMILES string of the molecule is CC(=O)C(C[Si](C)(C)c1ccccc1)c1ccccc1. The molecular weight excluding hydrogens is 260 g/mol. The predicted octanol–water partition coefficient (Wildman–Crippen LogP) is 3.97. The van der Waals surface area contributed by atoms with Crippen molar-refractivity contribution in [3.05, 3.63) is 66.2 Å². The topological polar surface area (TPSA) is 17.1 Å². The van der Waals surface area contributed by atoms with Gasteiger partial charge in [0.15, 0.2) is 0 Å². The molecule has 0 aliphatic rings. The summed E-state index contributed by atoms with van der Waals surface area (Å²) in [5.41, 5.74) is 1.15. The highest BCUT2D eigenvalue weighted by Gasteiger charge is 2.30. The summed E-state index contributed by atoms with van der Waals surface area (Å²) in [7, 11) is -1.61. The first-order valence-corrected chi connectivity index (χ1v) is 10.3. The number of benzene rings is 2. The molecule has 2 aromatic rings. The van der Waals surface area contributed by atoms with Gasteiger partial charge in [-0.05, 0) is 18.5 Å². The van der Waals surface area contributed by atoms with Crippen molar-refractivity contribution in [1.82, 2.24) is 0 Å². The van der Waals surface area contributed by atoms with Crippen LogP contribution in [0.15, 0.2) is 60.7 Å². The van der Waals surface area contributed by atoms with Gasteiger partial charge in [-0.2, -0.15) is 0 Å². The molecule has 0 bridgehead atoms. The first kappa shape index (κ1) is 14.7. The molecule has 0 radical (unpaired) electrons. The molecule has 0 saturated heterocycles. The Morgan fingerprint density at radius 1 is 0.950 bits per heavy atom. The van der Waals surface area contributed by atoms with Crippen LogP contribution in [0.3, 0.4) is 0 Å². The summed E-state index contributed by atoms with van der Waals surface area (Å²) in [6, 6.07) is 21.8. The molecule has 2 heteroatoms. The van der Waals surface area contributed by atoms with E-state index in [1.54, 1.807) is 6.92 Å². The summed E-state index contributed by atoms with van der Waals surface area (Å²) in [6.45, 7) is 6.41. The Kier molecular flexibility index (Phi) is 4.56. The number of carbonyl (C=O) groups excluding carboxylic acids is 1. The molecule has 104 valence electrons. The minimum absolute atomic E-state index is 0.0260. The normalized spacial score (nSPS) is 12.9. The molecule has 0 heterocycles. The van der Waals surface area contributed by atoms with Crippen molar-refractivity contribution < 1.29 is 4.79 Å². The Bertz CT molecular complexity index is 560. The molecule has 0 fully saturated rings. The van der Waals surface area contributed by atoms with Crippen LogP contribution in [-0.4, -0.2) is 13.9 Å². The van der Waals surface area contributed by atoms with Crippen LogP contribution in [-0.2, 0) is 4.79 Å². The van der Waals surface area contributed by atoms with Gasteiger partial charge >= 0.3 is 0 Å². The molecule has 1 nitrogen and oxygen atoms in total. The summed E-state index contributed by atoms with van der Waals surface area (Å²) < 4.78 is 0. The fourth-order valence-electron chi connectivity index (χ4n) is 2.70. The first-order chi connectivity index (χ1) is 9.50. The Hall–Kier alpha value is -1.67. The molecule has 1 unspecified atom stereocenters. The van der Waals surface area contributed by atoms with Crippen LogP contribution in [0.25, 0.3) is 0 Å². The number of carbonyl (C=O) groups is 1. The van der Waals surface area contributed by atoms with Gasteiger partial charge < -0.3 is 0 Å². The van der Waals surface area contributed by atoms with Crippen molar-refractivity contribution in [2.45, 2.75) is 32.0 Å². The standard InChI is InChI=1S/C18H22OSi/c1-15(19)18(16-10-6-4-7-11-16)14-20(2,3)17-12-8-5-9-13-17/h4-13,18H,14H2,1-3H3. The summed E-state index contributed by atoms with van der Waals surface area (Å²) in [6.07, 6.45) is 0. The fraction of sp³-hybridized carbons (Fsp3) is 0.278. The van der Waals surface area contributed by atoms with E-state index < -0.39 is 8.07 Å². The molecule has 0 N–H and O–H groups in total. The van der Waals surface area contributed by atoms with Gasteiger partial charge in [0.1, 0.15) is 5.78 Å². The zero-order chi connectivity index (χ0) is 14.6. The lowest BCUT2D eigenvalue weighted by atomic mass is 9.98. The van der Waals surface area contributed by atoms with E-state index in [0.717, 1.165) is 11.6 Å². The molecule has 0 amide bonds. The lowest BCUT2D eigenvalue weighted by Gasteiger charge is -2.27. The van der Waals surface area contributed by atoms with Gasteiger partial charge in [-0.1, -0.05) is 78.9 Å². The number of rotatable bonds is 5. The second kappa shape index (κ2) is 6.19. The van der Waals surface area contributed by atoms with Crippen molar-refractivity contribution in [2.24, 2.45) is 0 Å². The van der Waals surface area contributed by atoms with Gasteiger partial charge in [0.2, 0.25) is 0 Å². The maximum absolute atomic E-state index is 12.1. The van der Waals surface area contributed by atoms with Crippen LogP contribution in [0.2, 0.25) is 19.1 Å². The van der Waals surface area contributed by atoms with E-state index in [-0.39, 0.29) is 11.7 Å². The zero-order valence-corrected chi connectivity index (χ0v) is 13.5. The third-order valence-electron chi connectivity index (χ3n) is 3.96. The molecule has 0 aliphatic carbocycles. The van der Waals surface area contributed by atoms with Crippen LogP contribution in [0.4, 0.5) is 0 Å². The second-order valence-electron chi connectivity index (χ2n) is 6.03. The van der Waals surface area contributed by atoms with Crippen molar-refractivity contribution in [3.63, 3.8) is 0 Å². The minimum atomic E-state index is -1.61. The zero-order valence-electron chi connectivity index (χ0n) is 12.5. The Morgan fingerprint density at radius 2 is 1.45 bits per heavy atom. The van der Waals surface area contributed by atoms with E-state index in [2.05, 4.69) is 49.5 Å². The molecule has 1 atom stereocenters. The van der Waals surface area contributed by atoms with Gasteiger partial charge in [-0.15, -0.1) is 0 Å². The monoisotopic (exact) mass is 282 g/mol. The molecule has 2 rings (SSSR count). The van der Waals surface area contributed by atoms with E-state index >= 15 is 0 Å². The third-order valence-corrected chi connectivity index (χ3v) is 7.29. The largest absolute Gasteiger partial charge is 0.299 e. The first-order valence-electron chi connectivity index (χ1n) is 7.11. The Morgan fingerprint density at radius 3 is 1.95 bits per heavy atom.